The molecule has 1 N–H and O–H groups in total. The topological polar surface area (TPSA) is 154 Å². The number of anilines is 1. The van der Waals surface area contributed by atoms with Gasteiger partial charge in [0.15, 0.2) is 16.3 Å². The summed E-state index contributed by atoms with van der Waals surface area (Å²) in [4.78, 5) is 69.2. The zero-order valence-corrected chi connectivity index (χ0v) is 28.2. The van der Waals surface area contributed by atoms with Gasteiger partial charge in [0.05, 0.1) is 48.8 Å². The number of esters is 2. The van der Waals surface area contributed by atoms with Gasteiger partial charge in [-0.2, -0.15) is 0 Å². The number of para-hydroxylation sites is 1. The fourth-order valence-corrected chi connectivity index (χ4v) is 6.81. The molecule has 12 nitrogen and oxygen atoms in total. The average Bonchev–Trinajstić information content (AvgIpc) is 3.52. The zero-order valence-electron chi connectivity index (χ0n) is 27.4. The number of allylic oxidation sites excluding steroid dienone is 1. The van der Waals surface area contributed by atoms with Crippen molar-refractivity contribution in [3.05, 3.63) is 120 Å². The van der Waals surface area contributed by atoms with Crippen LogP contribution in [-0.2, 0) is 30.5 Å². The molecular formula is C36H33N3O9S. The molecular weight excluding hydrogens is 650 g/mol. The molecule has 1 amide bonds. The van der Waals surface area contributed by atoms with Crippen LogP contribution in [0.4, 0.5) is 5.69 Å². The lowest BCUT2D eigenvalue weighted by atomic mass is 9.95. The van der Waals surface area contributed by atoms with Gasteiger partial charge in [-0.25, -0.2) is 9.79 Å². The number of rotatable bonds is 7. The summed E-state index contributed by atoms with van der Waals surface area (Å²) < 4.78 is 17.8. The number of nitrogens with zero attached hydrogens (tertiary/aromatic N) is 3. The van der Waals surface area contributed by atoms with Crippen molar-refractivity contribution in [2.45, 2.75) is 40.3 Å². The molecule has 1 atom stereocenters. The molecule has 0 aliphatic carbocycles. The lowest BCUT2D eigenvalue weighted by Gasteiger charge is -2.25. The number of methoxy groups -OCH3 is 1. The van der Waals surface area contributed by atoms with Crippen molar-refractivity contribution in [3.8, 4) is 11.5 Å². The summed E-state index contributed by atoms with van der Waals surface area (Å²) >= 11 is 1.10. The maximum atomic E-state index is 14.5. The Morgan fingerprint density at radius 1 is 0.959 bits per heavy atom. The Hall–Kier alpha value is -5.82. The molecule has 0 radical (unpaired) electrons. The van der Waals surface area contributed by atoms with Crippen LogP contribution in [0.2, 0.25) is 0 Å². The van der Waals surface area contributed by atoms with Gasteiger partial charge >= 0.3 is 11.9 Å². The molecule has 6 rings (SSSR count). The van der Waals surface area contributed by atoms with Crippen LogP contribution in [0, 0.1) is 0 Å². The number of thiazole rings is 1. The van der Waals surface area contributed by atoms with E-state index in [0.717, 1.165) is 23.8 Å². The molecule has 0 bridgehead atoms. The third-order valence-electron chi connectivity index (χ3n) is 7.58. The van der Waals surface area contributed by atoms with E-state index in [1.807, 2.05) is 54.6 Å². The number of fused-ring (bicyclic) bond motifs is 2. The van der Waals surface area contributed by atoms with Crippen LogP contribution in [0.5, 0.6) is 11.5 Å². The third kappa shape index (κ3) is 6.92. The number of carboxylic acid groups (broad SMARTS) is 1. The maximum absolute atomic E-state index is 14.5. The van der Waals surface area contributed by atoms with E-state index in [-0.39, 0.29) is 39.7 Å². The maximum Gasteiger partial charge on any atom is 0.338 e. The molecule has 1 aromatic heterocycles. The van der Waals surface area contributed by atoms with Gasteiger partial charge in [0, 0.05) is 19.4 Å². The number of ether oxygens (including phenoxy) is 3. The van der Waals surface area contributed by atoms with Crippen LogP contribution in [0.25, 0.3) is 5.57 Å². The van der Waals surface area contributed by atoms with E-state index in [1.54, 1.807) is 36.9 Å². The normalized spacial score (nSPS) is 15.7. The first-order chi connectivity index (χ1) is 23.5. The van der Waals surface area contributed by atoms with E-state index in [1.165, 1.54) is 18.6 Å². The van der Waals surface area contributed by atoms with Gasteiger partial charge in [-0.3, -0.25) is 23.7 Å². The fraction of sp³-hybridized carbons (Fsp3) is 0.222. The Morgan fingerprint density at radius 2 is 1.63 bits per heavy atom. The summed E-state index contributed by atoms with van der Waals surface area (Å²) in [7, 11) is 1.43. The Morgan fingerprint density at radius 3 is 2.29 bits per heavy atom. The number of amides is 1. The lowest BCUT2D eigenvalue weighted by Crippen LogP contribution is -2.41. The van der Waals surface area contributed by atoms with Crippen molar-refractivity contribution in [1.29, 1.82) is 0 Å². The minimum atomic E-state index is -0.956. The standard InChI is InChI=1S/C34H29N3O7S.C2H4O2/c1-5-43-33(41)27-19(2)35-34-37(29(27)22-15-16-25(44-20(3)38)26(17-22)42-4)32(40)30(45-34)28-23-13-9-10-14-24(23)36(31(28)39)18-21-11-7-6-8-12-21;1-2(3)4/h6-17,29H,5,18H2,1-4H3;1H3,(H,3,4). The van der Waals surface area contributed by atoms with Gasteiger partial charge in [-0.1, -0.05) is 65.9 Å². The number of hydrogen-bond acceptors (Lipinski definition) is 10. The predicted octanol–water partition coefficient (Wildman–Crippen LogP) is 3.74. The molecule has 0 fully saturated rings. The summed E-state index contributed by atoms with van der Waals surface area (Å²) in [6.45, 7) is 6.19. The smallest absolute Gasteiger partial charge is 0.338 e. The van der Waals surface area contributed by atoms with E-state index in [9.17, 15) is 19.2 Å². The second-order valence-corrected chi connectivity index (χ2v) is 11.9. The SMILES string of the molecule is CC(=O)O.CCOC(=O)C1=C(C)N=c2sc(=C3C(=O)N(Cc4ccccc4)c4ccccc43)c(=O)n2C1c1ccc(OC(C)=O)c(OC)c1. The highest BCUT2D eigenvalue weighted by molar-refractivity contribution is 7.07. The van der Waals surface area contributed by atoms with Crippen molar-refractivity contribution in [1.82, 2.24) is 4.57 Å². The molecule has 3 aromatic carbocycles. The summed E-state index contributed by atoms with van der Waals surface area (Å²) in [6, 6.07) is 20.9. The second-order valence-electron chi connectivity index (χ2n) is 10.9. The molecule has 2 aliphatic heterocycles. The minimum Gasteiger partial charge on any atom is -0.493 e. The number of carboxylic acids is 1. The highest BCUT2D eigenvalue weighted by Crippen LogP contribution is 2.38. The number of benzene rings is 3. The highest BCUT2D eigenvalue weighted by atomic mass is 32.1. The van der Waals surface area contributed by atoms with Crippen LogP contribution in [0.3, 0.4) is 0 Å². The zero-order chi connectivity index (χ0) is 35.4. The Labute approximate surface area is 284 Å². The van der Waals surface area contributed by atoms with E-state index >= 15 is 0 Å². The summed E-state index contributed by atoms with van der Waals surface area (Å²) in [5.41, 5.74) is 3.17. The van der Waals surface area contributed by atoms with Crippen molar-refractivity contribution in [2.24, 2.45) is 4.99 Å². The number of aliphatic carboxylic acids is 1. The molecule has 0 spiro atoms. The van der Waals surface area contributed by atoms with Crippen LogP contribution in [0.15, 0.2) is 93.9 Å². The minimum absolute atomic E-state index is 0.119. The van der Waals surface area contributed by atoms with Gasteiger partial charge in [0.1, 0.15) is 4.53 Å². The molecule has 0 saturated carbocycles. The van der Waals surface area contributed by atoms with E-state index < -0.39 is 29.5 Å². The fourth-order valence-electron chi connectivity index (χ4n) is 5.67. The van der Waals surface area contributed by atoms with Gasteiger partial charge in [-0.15, -0.1) is 0 Å². The van der Waals surface area contributed by atoms with Gasteiger partial charge in [0.25, 0.3) is 17.4 Å². The summed E-state index contributed by atoms with van der Waals surface area (Å²) in [5, 5.41) is 7.42. The molecule has 2 aliphatic rings. The van der Waals surface area contributed by atoms with Crippen molar-refractivity contribution in [2.75, 3.05) is 18.6 Å². The van der Waals surface area contributed by atoms with Crippen LogP contribution in [-0.4, -0.2) is 47.2 Å². The van der Waals surface area contributed by atoms with Gasteiger partial charge in [0.2, 0.25) is 0 Å². The van der Waals surface area contributed by atoms with E-state index in [2.05, 4.69) is 4.99 Å². The molecule has 1 unspecified atom stereocenters. The van der Waals surface area contributed by atoms with Crippen LogP contribution >= 0.6 is 11.3 Å². The number of carbonyl (C=O) groups is 4. The van der Waals surface area contributed by atoms with Crippen molar-refractivity contribution >= 4 is 46.4 Å². The second kappa shape index (κ2) is 14.5. The van der Waals surface area contributed by atoms with Gasteiger partial charge < -0.3 is 24.2 Å². The number of hydrogen-bond donors (Lipinski definition) is 1. The first kappa shape index (κ1) is 34.5. The van der Waals surface area contributed by atoms with Gasteiger partial charge in [-0.05, 0) is 43.2 Å². The molecule has 0 saturated heterocycles. The summed E-state index contributed by atoms with van der Waals surface area (Å²) in [5.74, 6) is -1.85. The number of carbonyl (C=O) groups excluding carboxylic acids is 3. The molecule has 13 heteroatoms. The molecule has 49 heavy (non-hydrogen) atoms. The third-order valence-corrected chi connectivity index (χ3v) is 8.64. The van der Waals surface area contributed by atoms with E-state index in [0.29, 0.717) is 33.9 Å². The Bertz CT molecular complexity index is 2180. The Kier molecular flexibility index (Phi) is 10.2. The predicted molar refractivity (Wildman–Crippen MR) is 181 cm³/mol. The first-order valence-corrected chi connectivity index (χ1v) is 16.0. The Balaban J connectivity index is 0.00000111. The van der Waals surface area contributed by atoms with Crippen LogP contribution in [0.1, 0.15) is 50.4 Å². The quantitative estimate of drug-likeness (QED) is 0.227. The monoisotopic (exact) mass is 683 g/mol. The molecule has 252 valence electrons. The molecule has 3 heterocycles. The van der Waals surface area contributed by atoms with Crippen molar-refractivity contribution < 1.29 is 38.5 Å². The molecule has 4 aromatic rings. The van der Waals surface area contributed by atoms with E-state index in [4.69, 9.17) is 24.1 Å². The first-order valence-electron chi connectivity index (χ1n) is 15.2. The van der Waals surface area contributed by atoms with Crippen molar-refractivity contribution in [3.63, 3.8) is 0 Å². The largest absolute Gasteiger partial charge is 0.493 e. The van der Waals surface area contributed by atoms with Crippen LogP contribution < -0.4 is 29.3 Å². The lowest BCUT2D eigenvalue weighted by molar-refractivity contribution is -0.139. The summed E-state index contributed by atoms with van der Waals surface area (Å²) in [6.07, 6.45) is 0. The number of aromatic nitrogens is 1. The highest BCUT2D eigenvalue weighted by Gasteiger charge is 2.37. The average molecular weight is 684 g/mol.